The van der Waals surface area contributed by atoms with E-state index in [-0.39, 0.29) is 17.1 Å². The largest absolute Gasteiger partial charge is 0.326 e. The number of aromatic nitrogens is 3. The van der Waals surface area contributed by atoms with Crippen molar-refractivity contribution in [1.82, 2.24) is 14.8 Å². The van der Waals surface area contributed by atoms with Crippen molar-refractivity contribution < 1.29 is 17.6 Å². The number of benzene rings is 2. The lowest BCUT2D eigenvalue weighted by Gasteiger charge is -2.09. The van der Waals surface area contributed by atoms with Gasteiger partial charge in [-0.1, -0.05) is 6.42 Å². The Kier molecular flexibility index (Phi) is 6.13. The number of carbonyl (C=O) groups is 1. The van der Waals surface area contributed by atoms with Gasteiger partial charge in [-0.05, 0) is 61.4 Å². The topological polar surface area (TPSA) is 93.9 Å². The van der Waals surface area contributed by atoms with E-state index < -0.39 is 21.6 Å². The average molecular weight is 443 g/mol. The molecule has 0 saturated carbocycles. The Balaban J connectivity index is 1.37. The molecule has 7 nitrogen and oxygen atoms in total. The Hall–Kier alpha value is -3.07. The van der Waals surface area contributed by atoms with Crippen LogP contribution in [0.15, 0.2) is 53.4 Å². The Labute approximate surface area is 180 Å². The molecular formula is C22H23FN4O3S. The molecule has 2 heterocycles. The van der Waals surface area contributed by atoms with Crippen molar-refractivity contribution in [2.45, 2.75) is 43.5 Å². The van der Waals surface area contributed by atoms with Crippen molar-refractivity contribution in [3.63, 3.8) is 0 Å². The number of amides is 1. The summed E-state index contributed by atoms with van der Waals surface area (Å²) < 4.78 is 39.7. The van der Waals surface area contributed by atoms with E-state index >= 15 is 0 Å². The minimum Gasteiger partial charge on any atom is -0.326 e. The van der Waals surface area contributed by atoms with Gasteiger partial charge < -0.3 is 9.88 Å². The van der Waals surface area contributed by atoms with Gasteiger partial charge in [0.1, 0.15) is 11.6 Å². The summed E-state index contributed by atoms with van der Waals surface area (Å²) in [5, 5.41) is 11.3. The highest BCUT2D eigenvalue weighted by atomic mass is 32.2. The second kappa shape index (κ2) is 8.97. The summed E-state index contributed by atoms with van der Waals surface area (Å²) in [7, 11) is -3.66. The number of nitrogens with one attached hydrogen (secondary N) is 1. The third-order valence-electron chi connectivity index (χ3n) is 5.31. The maximum Gasteiger partial charge on any atom is 0.225 e. The van der Waals surface area contributed by atoms with Gasteiger partial charge in [0.2, 0.25) is 5.91 Å². The van der Waals surface area contributed by atoms with Crippen LogP contribution in [0.5, 0.6) is 0 Å². The monoisotopic (exact) mass is 442 g/mol. The minimum atomic E-state index is -3.66. The number of hydrogen-bond acceptors (Lipinski definition) is 5. The number of fused-ring (bicyclic) bond motifs is 1. The minimum absolute atomic E-state index is 0.00140. The summed E-state index contributed by atoms with van der Waals surface area (Å²) in [6, 6.07) is 11.8. The van der Waals surface area contributed by atoms with Crippen molar-refractivity contribution in [1.29, 1.82) is 0 Å². The lowest BCUT2D eigenvalue weighted by Crippen LogP contribution is -2.17. The van der Waals surface area contributed by atoms with Crippen LogP contribution in [0.4, 0.5) is 10.1 Å². The van der Waals surface area contributed by atoms with E-state index in [0.29, 0.717) is 5.69 Å². The molecule has 0 fully saturated rings. The van der Waals surface area contributed by atoms with Crippen molar-refractivity contribution in [2.75, 3.05) is 11.1 Å². The Morgan fingerprint density at radius 3 is 2.48 bits per heavy atom. The summed E-state index contributed by atoms with van der Waals surface area (Å²) in [5.74, 6) is 0.554. The normalized spacial score (nSPS) is 14.0. The van der Waals surface area contributed by atoms with Gasteiger partial charge in [0, 0.05) is 30.6 Å². The van der Waals surface area contributed by atoms with Gasteiger partial charge in [-0.25, -0.2) is 12.8 Å². The van der Waals surface area contributed by atoms with Crippen LogP contribution >= 0.6 is 0 Å². The molecule has 0 spiro atoms. The number of hydrogen-bond donors (Lipinski definition) is 1. The fraction of sp³-hybridized carbons (Fsp3) is 0.318. The van der Waals surface area contributed by atoms with Crippen LogP contribution in [0.3, 0.4) is 0 Å². The second-order valence-corrected chi connectivity index (χ2v) is 9.66. The van der Waals surface area contributed by atoms with Gasteiger partial charge in [0.05, 0.1) is 10.6 Å². The number of sulfone groups is 1. The van der Waals surface area contributed by atoms with Crippen LogP contribution in [-0.2, 0) is 27.6 Å². The SMILES string of the molecule is O=C(CCS(=O)(=O)c1ccc(F)cc1)Nc1ccc(-c2nnc3n2CCCCC3)cc1. The van der Waals surface area contributed by atoms with E-state index in [1.165, 1.54) is 18.6 Å². The number of anilines is 1. The van der Waals surface area contributed by atoms with E-state index in [9.17, 15) is 17.6 Å². The molecule has 1 amide bonds. The molecule has 9 heteroatoms. The van der Waals surface area contributed by atoms with Crippen LogP contribution in [0.25, 0.3) is 11.4 Å². The van der Waals surface area contributed by atoms with Crippen LogP contribution in [0.1, 0.15) is 31.5 Å². The van der Waals surface area contributed by atoms with Gasteiger partial charge in [0.25, 0.3) is 0 Å². The molecule has 0 atom stereocenters. The van der Waals surface area contributed by atoms with Crippen LogP contribution in [0.2, 0.25) is 0 Å². The van der Waals surface area contributed by atoms with Crippen LogP contribution in [0, 0.1) is 5.82 Å². The number of rotatable bonds is 6. The van der Waals surface area contributed by atoms with Gasteiger partial charge in [0.15, 0.2) is 15.7 Å². The number of halogens is 1. The number of aryl methyl sites for hydroxylation is 1. The molecule has 162 valence electrons. The Morgan fingerprint density at radius 1 is 1.00 bits per heavy atom. The molecule has 1 aliphatic heterocycles. The maximum absolute atomic E-state index is 13.0. The molecule has 4 rings (SSSR count). The molecule has 0 bridgehead atoms. The number of nitrogens with zero attached hydrogens (tertiary/aromatic N) is 3. The third-order valence-corrected chi connectivity index (χ3v) is 7.04. The van der Waals surface area contributed by atoms with Crippen molar-refractivity contribution in [3.05, 3.63) is 60.2 Å². The molecule has 3 aromatic rings. The zero-order valence-corrected chi connectivity index (χ0v) is 17.7. The van der Waals surface area contributed by atoms with E-state index in [0.717, 1.165) is 55.2 Å². The van der Waals surface area contributed by atoms with E-state index in [1.54, 1.807) is 12.1 Å². The molecule has 0 unspecified atom stereocenters. The summed E-state index contributed by atoms with van der Waals surface area (Å²) in [4.78, 5) is 12.2. The van der Waals surface area contributed by atoms with E-state index in [4.69, 9.17) is 0 Å². The van der Waals surface area contributed by atoms with Crippen LogP contribution in [-0.4, -0.2) is 34.8 Å². The van der Waals surface area contributed by atoms with Crippen molar-refractivity contribution >= 4 is 21.4 Å². The summed E-state index contributed by atoms with van der Waals surface area (Å²) in [5.41, 5.74) is 1.49. The maximum atomic E-state index is 13.0. The highest BCUT2D eigenvalue weighted by molar-refractivity contribution is 7.91. The first-order chi connectivity index (χ1) is 14.9. The van der Waals surface area contributed by atoms with Crippen LogP contribution < -0.4 is 5.32 Å². The van der Waals surface area contributed by atoms with E-state index in [2.05, 4.69) is 20.1 Å². The highest BCUT2D eigenvalue weighted by Crippen LogP contribution is 2.24. The van der Waals surface area contributed by atoms with Gasteiger partial charge in [-0.3, -0.25) is 4.79 Å². The molecule has 0 radical (unpaired) electrons. The predicted octanol–water partition coefficient (Wildman–Crippen LogP) is 3.61. The molecule has 1 N–H and O–H groups in total. The lowest BCUT2D eigenvalue weighted by atomic mass is 10.2. The molecule has 0 aliphatic carbocycles. The third kappa shape index (κ3) is 4.99. The van der Waals surface area contributed by atoms with Gasteiger partial charge in [-0.2, -0.15) is 0 Å². The molecule has 2 aromatic carbocycles. The first kappa shape index (κ1) is 21.2. The van der Waals surface area contributed by atoms with Gasteiger partial charge in [-0.15, -0.1) is 10.2 Å². The quantitative estimate of drug-likeness (QED) is 0.589. The van der Waals surface area contributed by atoms with Crippen molar-refractivity contribution in [3.8, 4) is 11.4 Å². The fourth-order valence-corrected chi connectivity index (χ4v) is 4.85. The van der Waals surface area contributed by atoms with Gasteiger partial charge >= 0.3 is 0 Å². The molecular weight excluding hydrogens is 419 g/mol. The molecule has 0 saturated heterocycles. The molecule has 31 heavy (non-hydrogen) atoms. The standard InChI is InChI=1S/C22H23FN4O3S/c23-17-7-11-19(12-8-17)31(29,30)15-13-21(28)24-18-9-5-16(6-10-18)22-26-25-20-4-2-1-3-14-27(20)22/h5-12H,1-4,13-15H2,(H,24,28). The summed E-state index contributed by atoms with van der Waals surface area (Å²) in [6.07, 6.45) is 4.15. The number of carbonyl (C=O) groups excluding carboxylic acids is 1. The zero-order chi connectivity index (χ0) is 21.8. The Bertz CT molecular complexity index is 1170. The second-order valence-electron chi connectivity index (χ2n) is 7.55. The zero-order valence-electron chi connectivity index (χ0n) is 16.9. The molecule has 1 aliphatic rings. The lowest BCUT2D eigenvalue weighted by molar-refractivity contribution is -0.115. The first-order valence-electron chi connectivity index (χ1n) is 10.2. The van der Waals surface area contributed by atoms with E-state index in [1.807, 2.05) is 12.1 Å². The summed E-state index contributed by atoms with van der Waals surface area (Å²) in [6.45, 7) is 0.901. The van der Waals surface area contributed by atoms with Crippen molar-refractivity contribution in [2.24, 2.45) is 0 Å². The average Bonchev–Trinajstić information content (AvgIpc) is 3.01. The smallest absolute Gasteiger partial charge is 0.225 e. The highest BCUT2D eigenvalue weighted by Gasteiger charge is 2.18. The summed E-state index contributed by atoms with van der Waals surface area (Å²) >= 11 is 0. The Morgan fingerprint density at radius 2 is 1.74 bits per heavy atom. The predicted molar refractivity (Wildman–Crippen MR) is 115 cm³/mol. The first-order valence-corrected chi connectivity index (χ1v) is 11.9. The molecule has 1 aromatic heterocycles. The fourth-order valence-electron chi connectivity index (χ4n) is 3.61.